The molecule has 0 fully saturated rings. The maximum absolute atomic E-state index is 4.09. The second-order valence-corrected chi connectivity index (χ2v) is 4.57. The molecule has 0 aliphatic heterocycles. The van der Waals surface area contributed by atoms with E-state index in [1.807, 2.05) is 11.6 Å². The average molecular weight is 265 g/mol. The first-order chi connectivity index (χ1) is 4.93. The molecule has 1 aromatic heterocycles. The smallest absolute Gasteiger partial charge is 0.194 e. The zero-order valence-corrected chi connectivity index (χ0v) is 9.38. The van der Waals surface area contributed by atoms with E-state index in [2.05, 4.69) is 53.6 Å². The molecule has 0 atom stereocenters. The highest BCUT2D eigenvalue weighted by atomic mass is 127. The summed E-state index contributed by atoms with van der Waals surface area (Å²) in [6.07, 6.45) is 0. The number of rotatable bonds is 0. The Labute approximate surface area is 80.3 Å². The Hall–Kier alpha value is -0.130. The van der Waals surface area contributed by atoms with Crippen LogP contribution in [0.1, 0.15) is 26.6 Å². The van der Waals surface area contributed by atoms with Gasteiger partial charge in [-0.1, -0.05) is 20.8 Å². The molecule has 0 aromatic carbocycles. The number of halogens is 1. The third-order valence-corrected chi connectivity index (χ3v) is 2.43. The highest BCUT2D eigenvalue weighted by molar-refractivity contribution is 14.1. The molecule has 0 radical (unpaired) electrons. The fourth-order valence-corrected chi connectivity index (χ4v) is 1.30. The SMILES string of the molecule is Cn1c(I)nnc1C(C)(C)C. The van der Waals surface area contributed by atoms with Gasteiger partial charge in [-0.15, -0.1) is 10.2 Å². The Morgan fingerprint density at radius 1 is 1.27 bits per heavy atom. The molecule has 0 aliphatic carbocycles. The van der Waals surface area contributed by atoms with Gasteiger partial charge in [-0.2, -0.15) is 0 Å². The van der Waals surface area contributed by atoms with Crippen molar-refractivity contribution in [3.63, 3.8) is 0 Å². The molecule has 0 spiro atoms. The summed E-state index contributed by atoms with van der Waals surface area (Å²) in [5, 5.41) is 8.07. The molecule has 1 aromatic rings. The van der Waals surface area contributed by atoms with Gasteiger partial charge < -0.3 is 4.57 Å². The highest BCUT2D eigenvalue weighted by Gasteiger charge is 2.20. The largest absolute Gasteiger partial charge is 0.309 e. The first-order valence-corrected chi connectivity index (χ1v) is 4.56. The van der Waals surface area contributed by atoms with E-state index in [0.29, 0.717) is 0 Å². The molecule has 4 heteroatoms. The van der Waals surface area contributed by atoms with E-state index < -0.39 is 0 Å². The van der Waals surface area contributed by atoms with Crippen LogP contribution in [-0.4, -0.2) is 14.8 Å². The van der Waals surface area contributed by atoms with Crippen LogP contribution < -0.4 is 0 Å². The van der Waals surface area contributed by atoms with Crippen molar-refractivity contribution in [1.29, 1.82) is 0 Å². The van der Waals surface area contributed by atoms with Gasteiger partial charge in [0.15, 0.2) is 3.83 Å². The summed E-state index contributed by atoms with van der Waals surface area (Å²) < 4.78 is 2.95. The van der Waals surface area contributed by atoms with Crippen molar-refractivity contribution in [2.45, 2.75) is 26.2 Å². The van der Waals surface area contributed by atoms with E-state index in [9.17, 15) is 0 Å². The van der Waals surface area contributed by atoms with Crippen LogP contribution >= 0.6 is 22.6 Å². The number of nitrogens with zero attached hydrogens (tertiary/aromatic N) is 3. The molecule has 0 bridgehead atoms. The van der Waals surface area contributed by atoms with Gasteiger partial charge in [-0.05, 0) is 0 Å². The molecule has 0 N–H and O–H groups in total. The molecule has 0 aliphatic rings. The minimum Gasteiger partial charge on any atom is -0.309 e. The summed E-state index contributed by atoms with van der Waals surface area (Å²) in [5.41, 5.74) is 0.0885. The monoisotopic (exact) mass is 265 g/mol. The minimum absolute atomic E-state index is 0.0885. The summed E-state index contributed by atoms with van der Waals surface area (Å²) in [4.78, 5) is 0. The Morgan fingerprint density at radius 2 is 1.82 bits per heavy atom. The van der Waals surface area contributed by atoms with Crippen molar-refractivity contribution >= 4 is 22.6 Å². The van der Waals surface area contributed by atoms with Crippen molar-refractivity contribution in [2.75, 3.05) is 0 Å². The lowest BCUT2D eigenvalue weighted by Crippen LogP contribution is -2.17. The average Bonchev–Trinajstić information content (AvgIpc) is 2.11. The molecular weight excluding hydrogens is 253 g/mol. The Morgan fingerprint density at radius 3 is 2.00 bits per heavy atom. The predicted molar refractivity (Wildman–Crippen MR) is 52.4 cm³/mol. The van der Waals surface area contributed by atoms with Crippen LogP contribution in [0.25, 0.3) is 0 Å². The molecule has 0 saturated carbocycles. The standard InChI is InChI=1S/C7H12IN3/c1-7(2,3)5-9-10-6(8)11(5)4/h1-4H3. The maximum Gasteiger partial charge on any atom is 0.194 e. The van der Waals surface area contributed by atoms with E-state index in [0.717, 1.165) is 9.66 Å². The first-order valence-electron chi connectivity index (χ1n) is 3.48. The lowest BCUT2D eigenvalue weighted by atomic mass is 9.96. The van der Waals surface area contributed by atoms with Crippen molar-refractivity contribution in [2.24, 2.45) is 7.05 Å². The van der Waals surface area contributed by atoms with E-state index in [-0.39, 0.29) is 5.41 Å². The topological polar surface area (TPSA) is 30.7 Å². The van der Waals surface area contributed by atoms with Crippen molar-refractivity contribution < 1.29 is 0 Å². The summed E-state index contributed by atoms with van der Waals surface area (Å²) in [6, 6.07) is 0. The van der Waals surface area contributed by atoms with Gasteiger partial charge in [0.1, 0.15) is 5.82 Å². The molecule has 0 saturated heterocycles. The highest BCUT2D eigenvalue weighted by Crippen LogP contribution is 2.19. The van der Waals surface area contributed by atoms with Crippen LogP contribution in [0.2, 0.25) is 0 Å². The van der Waals surface area contributed by atoms with E-state index in [1.165, 1.54) is 0 Å². The summed E-state index contributed by atoms with van der Waals surface area (Å²) in [6.45, 7) is 6.40. The van der Waals surface area contributed by atoms with Crippen LogP contribution in [0.5, 0.6) is 0 Å². The molecule has 62 valence electrons. The van der Waals surface area contributed by atoms with Crippen LogP contribution in [0.3, 0.4) is 0 Å². The Balaban J connectivity index is 3.15. The second kappa shape index (κ2) is 2.73. The summed E-state index contributed by atoms with van der Waals surface area (Å²) >= 11 is 2.17. The fourth-order valence-electron chi connectivity index (χ4n) is 0.963. The number of aromatic nitrogens is 3. The first kappa shape index (κ1) is 8.96. The van der Waals surface area contributed by atoms with Crippen molar-refractivity contribution in [3.05, 3.63) is 9.66 Å². The zero-order chi connectivity index (χ0) is 8.65. The number of hydrogen-bond acceptors (Lipinski definition) is 2. The Bertz CT molecular complexity index is 259. The van der Waals surface area contributed by atoms with Crippen LogP contribution in [0.15, 0.2) is 0 Å². The lowest BCUT2D eigenvalue weighted by Gasteiger charge is -2.16. The summed E-state index contributed by atoms with van der Waals surface area (Å²) in [5.74, 6) is 1.03. The van der Waals surface area contributed by atoms with E-state index in [4.69, 9.17) is 0 Å². The van der Waals surface area contributed by atoms with Gasteiger partial charge in [0.2, 0.25) is 0 Å². The van der Waals surface area contributed by atoms with Gasteiger partial charge in [-0.25, -0.2) is 0 Å². The molecular formula is C7H12IN3. The normalized spacial score (nSPS) is 12.1. The summed E-state index contributed by atoms with van der Waals surface area (Å²) in [7, 11) is 1.99. The molecule has 1 rings (SSSR count). The third kappa shape index (κ3) is 1.72. The maximum atomic E-state index is 4.09. The van der Waals surface area contributed by atoms with Crippen molar-refractivity contribution in [3.8, 4) is 0 Å². The second-order valence-electron chi connectivity index (χ2n) is 3.60. The predicted octanol–water partition coefficient (Wildman–Crippen LogP) is 1.72. The molecule has 1 heterocycles. The van der Waals surface area contributed by atoms with Gasteiger partial charge in [-0.3, -0.25) is 0 Å². The molecule has 0 unspecified atom stereocenters. The molecule has 0 amide bonds. The van der Waals surface area contributed by atoms with Gasteiger partial charge in [0.25, 0.3) is 0 Å². The minimum atomic E-state index is 0.0885. The zero-order valence-electron chi connectivity index (χ0n) is 7.22. The van der Waals surface area contributed by atoms with Crippen LogP contribution in [0.4, 0.5) is 0 Å². The van der Waals surface area contributed by atoms with Crippen molar-refractivity contribution in [1.82, 2.24) is 14.8 Å². The number of hydrogen-bond donors (Lipinski definition) is 0. The van der Waals surface area contributed by atoms with Gasteiger partial charge >= 0.3 is 0 Å². The van der Waals surface area contributed by atoms with E-state index in [1.54, 1.807) is 0 Å². The Kier molecular flexibility index (Phi) is 2.22. The fraction of sp³-hybridized carbons (Fsp3) is 0.714. The molecule has 3 nitrogen and oxygen atoms in total. The molecule has 11 heavy (non-hydrogen) atoms. The van der Waals surface area contributed by atoms with Crippen LogP contribution in [0, 0.1) is 3.83 Å². The van der Waals surface area contributed by atoms with Gasteiger partial charge in [0.05, 0.1) is 0 Å². The van der Waals surface area contributed by atoms with Gasteiger partial charge in [0, 0.05) is 35.1 Å². The lowest BCUT2D eigenvalue weighted by molar-refractivity contribution is 0.518. The van der Waals surface area contributed by atoms with E-state index >= 15 is 0 Å². The van der Waals surface area contributed by atoms with Crippen LogP contribution in [-0.2, 0) is 12.5 Å². The quantitative estimate of drug-likeness (QED) is 0.669. The third-order valence-electron chi connectivity index (χ3n) is 1.49.